The van der Waals surface area contributed by atoms with Gasteiger partial charge in [0.25, 0.3) is 0 Å². The number of benzene rings is 1. The molecular formula is C12H17NO3. The Morgan fingerprint density at radius 3 is 2.50 bits per heavy atom. The van der Waals surface area contributed by atoms with Crippen LogP contribution in [0, 0.1) is 0 Å². The van der Waals surface area contributed by atoms with E-state index >= 15 is 0 Å². The van der Waals surface area contributed by atoms with E-state index in [1.165, 1.54) is 0 Å². The highest BCUT2D eigenvalue weighted by molar-refractivity contribution is 5.99. The first kappa shape index (κ1) is 12.8. The van der Waals surface area contributed by atoms with Crippen molar-refractivity contribution in [2.24, 2.45) is 0 Å². The highest BCUT2D eigenvalue weighted by Crippen LogP contribution is 2.21. The fourth-order valence-corrected chi connectivity index (χ4v) is 1.56. The molecule has 4 nitrogen and oxygen atoms in total. The van der Waals surface area contributed by atoms with E-state index < -0.39 is 6.29 Å². The van der Waals surface area contributed by atoms with Gasteiger partial charge in [-0.2, -0.15) is 0 Å². The fraction of sp³-hybridized carbons (Fsp3) is 0.417. The van der Waals surface area contributed by atoms with Crippen LogP contribution in [0.25, 0.3) is 0 Å². The summed E-state index contributed by atoms with van der Waals surface area (Å²) in [6.45, 7) is 0.303. The monoisotopic (exact) mass is 223 g/mol. The summed E-state index contributed by atoms with van der Waals surface area (Å²) in [6, 6.07) is 7.30. The minimum atomic E-state index is -0.503. The Kier molecular flexibility index (Phi) is 5.11. The van der Waals surface area contributed by atoms with E-state index in [1.54, 1.807) is 27.3 Å². The zero-order chi connectivity index (χ0) is 12.0. The molecule has 0 radical (unpaired) electrons. The molecule has 1 N–H and O–H groups in total. The van der Waals surface area contributed by atoms with Gasteiger partial charge in [0.15, 0.2) is 12.1 Å². The SMILES string of the molecule is CNCC(=O)c1ccccc1C(OC)OC. The van der Waals surface area contributed by atoms with Gasteiger partial charge in [0.05, 0.1) is 6.54 Å². The number of hydrogen-bond donors (Lipinski definition) is 1. The summed E-state index contributed by atoms with van der Waals surface area (Å²) < 4.78 is 10.3. The standard InChI is InChI=1S/C12H17NO3/c1-13-8-11(14)9-6-4-5-7-10(9)12(15-2)16-3/h4-7,12-13H,8H2,1-3H3. The minimum Gasteiger partial charge on any atom is -0.352 e. The Balaban J connectivity index is 3.03. The third-order valence-corrected chi connectivity index (χ3v) is 2.28. The number of carbonyl (C=O) groups excluding carboxylic acids is 1. The minimum absolute atomic E-state index is 0.0252. The number of hydrogen-bond acceptors (Lipinski definition) is 4. The van der Waals surface area contributed by atoms with Crippen molar-refractivity contribution >= 4 is 5.78 Å². The lowest BCUT2D eigenvalue weighted by Gasteiger charge is -2.16. The summed E-state index contributed by atoms with van der Waals surface area (Å²) >= 11 is 0. The van der Waals surface area contributed by atoms with Gasteiger partial charge in [0.2, 0.25) is 0 Å². The first-order valence-corrected chi connectivity index (χ1v) is 5.07. The molecule has 0 aliphatic heterocycles. The zero-order valence-corrected chi connectivity index (χ0v) is 9.82. The van der Waals surface area contributed by atoms with Crippen LogP contribution in [0.2, 0.25) is 0 Å². The summed E-state index contributed by atoms with van der Waals surface area (Å²) in [4.78, 5) is 11.8. The Hall–Kier alpha value is -1.23. The third kappa shape index (κ3) is 2.88. The predicted octanol–water partition coefficient (Wildman–Crippen LogP) is 1.38. The molecule has 1 rings (SSSR count). The van der Waals surface area contributed by atoms with E-state index in [4.69, 9.17) is 9.47 Å². The lowest BCUT2D eigenvalue weighted by molar-refractivity contribution is -0.106. The maximum absolute atomic E-state index is 11.8. The Labute approximate surface area is 95.6 Å². The van der Waals surface area contributed by atoms with Crippen molar-refractivity contribution in [3.8, 4) is 0 Å². The van der Waals surface area contributed by atoms with E-state index in [0.29, 0.717) is 12.1 Å². The lowest BCUT2D eigenvalue weighted by Crippen LogP contribution is -2.21. The van der Waals surface area contributed by atoms with Gasteiger partial charge in [0, 0.05) is 25.3 Å². The molecule has 16 heavy (non-hydrogen) atoms. The molecule has 0 spiro atoms. The first-order valence-electron chi connectivity index (χ1n) is 5.07. The molecule has 1 aromatic rings. The number of methoxy groups -OCH3 is 2. The zero-order valence-electron chi connectivity index (χ0n) is 9.82. The van der Waals surface area contributed by atoms with Gasteiger partial charge >= 0.3 is 0 Å². The van der Waals surface area contributed by atoms with Crippen LogP contribution >= 0.6 is 0 Å². The van der Waals surface area contributed by atoms with Crippen LogP contribution in [0.15, 0.2) is 24.3 Å². The fourth-order valence-electron chi connectivity index (χ4n) is 1.56. The molecule has 0 aliphatic rings. The van der Waals surface area contributed by atoms with Crippen molar-refractivity contribution in [3.05, 3.63) is 35.4 Å². The Bertz CT molecular complexity index is 348. The number of rotatable bonds is 6. The molecule has 0 unspecified atom stereocenters. The lowest BCUT2D eigenvalue weighted by atomic mass is 10.0. The molecule has 0 atom stereocenters. The van der Waals surface area contributed by atoms with Gasteiger partial charge in [-0.3, -0.25) is 4.79 Å². The molecule has 4 heteroatoms. The normalized spacial score (nSPS) is 10.8. The van der Waals surface area contributed by atoms with E-state index in [1.807, 2.05) is 18.2 Å². The molecule has 0 saturated carbocycles. The van der Waals surface area contributed by atoms with E-state index in [9.17, 15) is 4.79 Å². The third-order valence-electron chi connectivity index (χ3n) is 2.28. The largest absolute Gasteiger partial charge is 0.352 e. The quantitative estimate of drug-likeness (QED) is 0.584. The molecule has 0 fully saturated rings. The van der Waals surface area contributed by atoms with Gasteiger partial charge in [-0.1, -0.05) is 24.3 Å². The van der Waals surface area contributed by atoms with Crippen LogP contribution in [0.4, 0.5) is 0 Å². The van der Waals surface area contributed by atoms with Crippen LogP contribution in [0.5, 0.6) is 0 Å². The van der Waals surface area contributed by atoms with Gasteiger partial charge in [-0.25, -0.2) is 0 Å². The molecule has 0 bridgehead atoms. The van der Waals surface area contributed by atoms with Gasteiger partial charge in [0.1, 0.15) is 0 Å². The van der Waals surface area contributed by atoms with Crippen LogP contribution < -0.4 is 5.32 Å². The number of nitrogens with one attached hydrogen (secondary N) is 1. The van der Waals surface area contributed by atoms with Crippen molar-refractivity contribution in [1.29, 1.82) is 0 Å². The van der Waals surface area contributed by atoms with E-state index in [2.05, 4.69) is 5.32 Å². The summed E-state index contributed by atoms with van der Waals surface area (Å²) in [5.74, 6) is 0.0252. The number of Topliss-reactive ketones (excluding diaryl/α,β-unsaturated/α-hetero) is 1. The second kappa shape index (κ2) is 6.37. The van der Waals surface area contributed by atoms with Crippen molar-refractivity contribution in [2.45, 2.75) is 6.29 Å². The summed E-state index contributed by atoms with van der Waals surface area (Å²) in [5, 5.41) is 2.84. The second-order valence-electron chi connectivity index (χ2n) is 3.34. The molecule has 1 aromatic carbocycles. The molecule has 0 saturated heterocycles. The van der Waals surface area contributed by atoms with Gasteiger partial charge in [-0.05, 0) is 7.05 Å². The van der Waals surface area contributed by atoms with E-state index in [0.717, 1.165) is 5.56 Å². The van der Waals surface area contributed by atoms with Crippen molar-refractivity contribution in [1.82, 2.24) is 5.32 Å². The smallest absolute Gasteiger partial charge is 0.183 e. The number of likely N-dealkylation sites (N-methyl/N-ethyl adjacent to an activating group) is 1. The Morgan fingerprint density at radius 1 is 1.31 bits per heavy atom. The van der Waals surface area contributed by atoms with Crippen molar-refractivity contribution in [2.75, 3.05) is 27.8 Å². The summed E-state index contributed by atoms with van der Waals surface area (Å²) in [7, 11) is 4.84. The molecule has 88 valence electrons. The van der Waals surface area contributed by atoms with Crippen LogP contribution in [-0.2, 0) is 9.47 Å². The highest BCUT2D eigenvalue weighted by Gasteiger charge is 2.17. The molecular weight excluding hydrogens is 206 g/mol. The topological polar surface area (TPSA) is 47.6 Å². The molecule has 0 amide bonds. The second-order valence-corrected chi connectivity index (χ2v) is 3.34. The maximum atomic E-state index is 11.8. The number of ketones is 1. The maximum Gasteiger partial charge on any atom is 0.183 e. The summed E-state index contributed by atoms with van der Waals surface area (Å²) in [6.07, 6.45) is -0.503. The Morgan fingerprint density at radius 2 is 1.94 bits per heavy atom. The highest BCUT2D eigenvalue weighted by atomic mass is 16.7. The summed E-state index contributed by atoms with van der Waals surface area (Å²) in [5.41, 5.74) is 1.39. The number of carbonyl (C=O) groups is 1. The molecule has 0 heterocycles. The van der Waals surface area contributed by atoms with Crippen LogP contribution in [-0.4, -0.2) is 33.6 Å². The van der Waals surface area contributed by atoms with Gasteiger partial charge < -0.3 is 14.8 Å². The average molecular weight is 223 g/mol. The van der Waals surface area contributed by atoms with E-state index in [-0.39, 0.29) is 5.78 Å². The van der Waals surface area contributed by atoms with Crippen LogP contribution in [0.1, 0.15) is 22.2 Å². The molecule has 0 aromatic heterocycles. The number of ether oxygens (including phenoxy) is 2. The average Bonchev–Trinajstić information content (AvgIpc) is 2.31. The van der Waals surface area contributed by atoms with Crippen LogP contribution in [0.3, 0.4) is 0 Å². The van der Waals surface area contributed by atoms with Gasteiger partial charge in [-0.15, -0.1) is 0 Å². The first-order chi connectivity index (χ1) is 7.74. The van der Waals surface area contributed by atoms with Crippen molar-refractivity contribution < 1.29 is 14.3 Å². The predicted molar refractivity (Wildman–Crippen MR) is 61.5 cm³/mol. The van der Waals surface area contributed by atoms with Crippen molar-refractivity contribution in [3.63, 3.8) is 0 Å². The molecule has 0 aliphatic carbocycles.